The first kappa shape index (κ1) is 19.4. The molecule has 0 aliphatic rings. The van der Waals surface area contributed by atoms with Gasteiger partial charge in [-0.1, -0.05) is 34.5 Å². The molecule has 0 amide bonds. The van der Waals surface area contributed by atoms with Crippen molar-refractivity contribution < 1.29 is 18.7 Å². The summed E-state index contributed by atoms with van der Waals surface area (Å²) in [5, 5.41) is 7.65. The molecule has 0 aromatic carbocycles. The predicted octanol–water partition coefficient (Wildman–Crippen LogP) is 3.45. The molecule has 2 rings (SSSR count). The molecular formula is C14H11Cl2FN4O3S. The molecular weight excluding hydrogens is 394 g/mol. The van der Waals surface area contributed by atoms with Crippen LogP contribution in [0.1, 0.15) is 22.3 Å². The Labute approximate surface area is 155 Å². The minimum absolute atomic E-state index is 0.0509. The van der Waals surface area contributed by atoms with Crippen LogP contribution in [-0.4, -0.2) is 39.8 Å². The molecule has 2 aromatic heterocycles. The smallest absolute Gasteiger partial charge is 0.322 e. The number of hydrogen-bond donors (Lipinski definition) is 0. The number of carbonyl (C=O) groups is 2. The summed E-state index contributed by atoms with van der Waals surface area (Å²) in [7, 11) is 0. The number of hydrogen-bond acceptors (Lipinski definition) is 8. The van der Waals surface area contributed by atoms with E-state index in [2.05, 4.69) is 20.2 Å². The van der Waals surface area contributed by atoms with Crippen LogP contribution >= 0.6 is 34.5 Å². The molecule has 0 saturated heterocycles. The predicted molar refractivity (Wildman–Crippen MR) is 91.5 cm³/mol. The number of pyridine rings is 1. The monoisotopic (exact) mass is 404 g/mol. The van der Waals surface area contributed by atoms with E-state index in [-0.39, 0.29) is 22.5 Å². The van der Waals surface area contributed by atoms with Crippen LogP contribution < -0.4 is 0 Å². The summed E-state index contributed by atoms with van der Waals surface area (Å²) >= 11 is 12.5. The van der Waals surface area contributed by atoms with Gasteiger partial charge in [0.1, 0.15) is 10.2 Å². The molecule has 132 valence electrons. The van der Waals surface area contributed by atoms with Crippen molar-refractivity contribution in [3.8, 4) is 0 Å². The number of halogens is 3. The number of aromatic nitrogens is 3. The highest BCUT2D eigenvalue weighted by Gasteiger charge is 2.30. The molecule has 0 aliphatic carbocycles. The number of carbonyl (C=O) groups excluding carboxylic acids is 2. The van der Waals surface area contributed by atoms with Crippen LogP contribution in [0.3, 0.4) is 0 Å². The Morgan fingerprint density at radius 3 is 2.72 bits per heavy atom. The summed E-state index contributed by atoms with van der Waals surface area (Å²) in [5.41, 5.74) is -0.304. The summed E-state index contributed by atoms with van der Waals surface area (Å²) in [6.07, 6.45) is 1.06. The van der Waals surface area contributed by atoms with Crippen molar-refractivity contribution in [1.29, 1.82) is 0 Å². The lowest BCUT2D eigenvalue weighted by atomic mass is 10.00. The highest BCUT2D eigenvalue weighted by atomic mass is 35.5. The van der Waals surface area contributed by atoms with Gasteiger partial charge in [0.2, 0.25) is 5.13 Å². The molecule has 0 spiro atoms. The Kier molecular flexibility index (Phi) is 6.51. The molecule has 1 atom stereocenters. The minimum Gasteiger partial charge on any atom is -0.465 e. The zero-order valence-corrected chi connectivity index (χ0v) is 15.3. The van der Waals surface area contributed by atoms with E-state index in [1.165, 1.54) is 11.3 Å². The highest BCUT2D eigenvalue weighted by molar-refractivity contribution is 7.14. The van der Waals surface area contributed by atoms with Gasteiger partial charge in [-0.15, -0.1) is 10.2 Å². The van der Waals surface area contributed by atoms with Gasteiger partial charge in [0.25, 0.3) is 0 Å². The first-order chi connectivity index (χ1) is 11.8. The molecule has 0 radical (unpaired) electrons. The van der Waals surface area contributed by atoms with Gasteiger partial charge in [-0.05, 0) is 19.9 Å². The molecule has 1 unspecified atom stereocenters. The quantitative estimate of drug-likeness (QED) is 0.240. The maximum absolute atomic E-state index is 13.6. The fourth-order valence-corrected chi connectivity index (χ4v) is 2.69. The standard InChI is InChI=1S/C14H11Cl2FN4O3S/c1-3-24-13(23)8(5-18-14-21-20-6(2)25-14)10(22)7-4-9(17)12(16)19-11(7)15/h4-5,8H,3H2,1-2H3. The Morgan fingerprint density at radius 1 is 1.40 bits per heavy atom. The summed E-state index contributed by atoms with van der Waals surface area (Å²) in [6, 6.07) is 0.815. The van der Waals surface area contributed by atoms with E-state index >= 15 is 0 Å². The average molecular weight is 405 g/mol. The zero-order chi connectivity index (χ0) is 18.6. The van der Waals surface area contributed by atoms with Gasteiger partial charge in [-0.25, -0.2) is 14.4 Å². The maximum Gasteiger partial charge on any atom is 0.322 e. The van der Waals surface area contributed by atoms with Crippen LogP contribution in [0.2, 0.25) is 10.3 Å². The van der Waals surface area contributed by atoms with Gasteiger partial charge in [0, 0.05) is 6.21 Å². The summed E-state index contributed by atoms with van der Waals surface area (Å²) in [4.78, 5) is 32.2. The molecule has 0 bridgehead atoms. The molecule has 2 aromatic rings. The first-order valence-electron chi connectivity index (χ1n) is 6.90. The van der Waals surface area contributed by atoms with Crippen molar-refractivity contribution in [1.82, 2.24) is 15.2 Å². The van der Waals surface area contributed by atoms with Gasteiger partial charge in [-0.3, -0.25) is 9.59 Å². The van der Waals surface area contributed by atoms with Crippen LogP contribution in [0, 0.1) is 18.7 Å². The van der Waals surface area contributed by atoms with Crippen LogP contribution in [0.4, 0.5) is 9.52 Å². The van der Waals surface area contributed by atoms with E-state index in [1.807, 2.05) is 0 Å². The van der Waals surface area contributed by atoms with E-state index in [1.54, 1.807) is 13.8 Å². The summed E-state index contributed by atoms with van der Waals surface area (Å²) in [6.45, 7) is 3.36. The molecule has 0 N–H and O–H groups in total. The number of Topliss-reactive ketones (excluding diaryl/α,β-unsaturated/α-hetero) is 1. The molecule has 0 saturated carbocycles. The summed E-state index contributed by atoms with van der Waals surface area (Å²) in [5.74, 6) is -4.06. The molecule has 0 aliphatic heterocycles. The second kappa shape index (κ2) is 8.41. The topological polar surface area (TPSA) is 94.4 Å². The van der Waals surface area contributed by atoms with Crippen molar-refractivity contribution >= 4 is 57.6 Å². The van der Waals surface area contributed by atoms with Gasteiger partial charge in [0.05, 0.1) is 12.2 Å². The average Bonchev–Trinajstić information content (AvgIpc) is 2.96. The Balaban J connectivity index is 2.37. The largest absolute Gasteiger partial charge is 0.465 e. The van der Waals surface area contributed by atoms with Crippen molar-refractivity contribution in [2.45, 2.75) is 13.8 Å². The number of nitrogens with zero attached hydrogens (tertiary/aromatic N) is 4. The summed E-state index contributed by atoms with van der Waals surface area (Å²) < 4.78 is 18.5. The number of aliphatic imine (C=N–C) groups is 1. The van der Waals surface area contributed by atoms with Crippen LogP contribution in [0.5, 0.6) is 0 Å². The third kappa shape index (κ3) is 4.77. The van der Waals surface area contributed by atoms with E-state index in [0.717, 1.165) is 12.3 Å². The number of ketones is 1. The lowest BCUT2D eigenvalue weighted by Gasteiger charge is -2.11. The Bertz CT molecular complexity index is 843. The number of esters is 1. The Morgan fingerprint density at radius 2 is 2.12 bits per heavy atom. The SMILES string of the molecule is CCOC(=O)C(C=Nc1nnc(C)s1)C(=O)c1cc(F)c(Cl)nc1Cl. The molecule has 2 heterocycles. The van der Waals surface area contributed by atoms with Gasteiger partial charge >= 0.3 is 5.97 Å². The normalized spacial score (nSPS) is 12.4. The van der Waals surface area contributed by atoms with E-state index in [9.17, 15) is 14.0 Å². The lowest BCUT2D eigenvalue weighted by Crippen LogP contribution is -2.28. The molecule has 0 fully saturated rings. The second-order valence-corrected chi connectivity index (χ2v) is 6.45. The van der Waals surface area contributed by atoms with Crippen molar-refractivity contribution in [3.63, 3.8) is 0 Å². The minimum atomic E-state index is -1.44. The zero-order valence-electron chi connectivity index (χ0n) is 13.0. The van der Waals surface area contributed by atoms with Crippen LogP contribution in [-0.2, 0) is 9.53 Å². The third-order valence-electron chi connectivity index (χ3n) is 2.82. The Hall–Kier alpha value is -1.97. The molecule has 25 heavy (non-hydrogen) atoms. The molecule has 7 nitrogen and oxygen atoms in total. The van der Waals surface area contributed by atoms with Crippen molar-refractivity contribution in [3.05, 3.63) is 32.8 Å². The van der Waals surface area contributed by atoms with Gasteiger partial charge in [0.15, 0.2) is 22.7 Å². The van der Waals surface area contributed by atoms with Crippen LogP contribution in [0.25, 0.3) is 0 Å². The fraction of sp³-hybridized carbons (Fsp3) is 0.286. The molecule has 11 heteroatoms. The van der Waals surface area contributed by atoms with E-state index < -0.39 is 28.6 Å². The second-order valence-electron chi connectivity index (χ2n) is 4.58. The van der Waals surface area contributed by atoms with Crippen molar-refractivity contribution in [2.24, 2.45) is 10.9 Å². The number of aryl methyl sites for hydroxylation is 1. The third-order valence-corrected chi connectivity index (χ3v) is 4.12. The lowest BCUT2D eigenvalue weighted by molar-refractivity contribution is -0.143. The van der Waals surface area contributed by atoms with E-state index in [0.29, 0.717) is 5.01 Å². The van der Waals surface area contributed by atoms with Gasteiger partial charge in [-0.2, -0.15) is 0 Å². The van der Waals surface area contributed by atoms with Gasteiger partial charge < -0.3 is 4.74 Å². The van der Waals surface area contributed by atoms with Crippen molar-refractivity contribution in [2.75, 3.05) is 6.61 Å². The highest BCUT2D eigenvalue weighted by Crippen LogP contribution is 2.24. The number of ether oxygens (including phenoxy) is 1. The maximum atomic E-state index is 13.6. The number of rotatable bonds is 6. The van der Waals surface area contributed by atoms with E-state index in [4.69, 9.17) is 27.9 Å². The van der Waals surface area contributed by atoms with Crippen LogP contribution in [0.15, 0.2) is 11.1 Å². The fourth-order valence-electron chi connectivity index (χ4n) is 1.73. The first-order valence-corrected chi connectivity index (χ1v) is 8.47.